The van der Waals surface area contributed by atoms with Crippen LogP contribution in [0.5, 0.6) is 0 Å². The zero-order chi connectivity index (χ0) is 14.0. The van der Waals surface area contributed by atoms with Gasteiger partial charge in [0.15, 0.2) is 0 Å². The molecule has 0 bridgehead atoms. The fraction of sp³-hybridized carbons (Fsp3) is 0.143. The standard InChI is InChI=1S/C14H16N4O/c1-8-4-3-5-12(9(8)2)18-14-11(13(16)19)6-10(15)7-17-14/h3-7H,15H2,1-2H3,(H2,16,19)(H,17,18). The van der Waals surface area contributed by atoms with Crippen molar-refractivity contribution < 1.29 is 4.79 Å². The number of nitrogen functional groups attached to an aromatic ring is 1. The topological polar surface area (TPSA) is 94.0 Å². The van der Waals surface area contributed by atoms with Crippen molar-refractivity contribution in [2.45, 2.75) is 13.8 Å². The van der Waals surface area contributed by atoms with E-state index in [1.165, 1.54) is 12.3 Å². The van der Waals surface area contributed by atoms with Gasteiger partial charge in [0.05, 0.1) is 17.4 Å². The van der Waals surface area contributed by atoms with Crippen LogP contribution in [0.2, 0.25) is 0 Å². The number of hydrogen-bond acceptors (Lipinski definition) is 4. The fourth-order valence-corrected chi connectivity index (χ4v) is 1.78. The van der Waals surface area contributed by atoms with E-state index in [2.05, 4.69) is 10.3 Å². The number of rotatable bonds is 3. The Bertz CT molecular complexity index is 637. The molecule has 0 spiro atoms. The average molecular weight is 256 g/mol. The van der Waals surface area contributed by atoms with Crippen LogP contribution in [0, 0.1) is 13.8 Å². The lowest BCUT2D eigenvalue weighted by atomic mass is 10.1. The minimum atomic E-state index is -0.562. The van der Waals surface area contributed by atoms with Gasteiger partial charge < -0.3 is 16.8 Å². The summed E-state index contributed by atoms with van der Waals surface area (Å²) in [5, 5.41) is 3.12. The first-order chi connectivity index (χ1) is 8.99. The quantitative estimate of drug-likeness (QED) is 0.784. The van der Waals surface area contributed by atoms with Crippen LogP contribution < -0.4 is 16.8 Å². The summed E-state index contributed by atoms with van der Waals surface area (Å²) in [6.07, 6.45) is 1.49. The van der Waals surface area contributed by atoms with Gasteiger partial charge in [-0.15, -0.1) is 0 Å². The van der Waals surface area contributed by atoms with Gasteiger partial charge in [0.2, 0.25) is 0 Å². The van der Waals surface area contributed by atoms with Crippen molar-refractivity contribution in [3.63, 3.8) is 0 Å². The lowest BCUT2D eigenvalue weighted by Crippen LogP contribution is -2.15. The minimum absolute atomic E-state index is 0.279. The molecule has 1 heterocycles. The van der Waals surface area contributed by atoms with Crippen molar-refractivity contribution in [1.29, 1.82) is 0 Å². The molecule has 1 aromatic heterocycles. The summed E-state index contributed by atoms with van der Waals surface area (Å²) in [5.74, 6) is -0.150. The van der Waals surface area contributed by atoms with Gasteiger partial charge in [-0.05, 0) is 37.1 Å². The highest BCUT2D eigenvalue weighted by molar-refractivity contribution is 5.99. The van der Waals surface area contributed by atoms with E-state index in [0.717, 1.165) is 16.8 Å². The number of nitrogens with zero attached hydrogens (tertiary/aromatic N) is 1. The molecule has 0 aliphatic rings. The van der Waals surface area contributed by atoms with E-state index in [1.807, 2.05) is 32.0 Å². The Hall–Kier alpha value is -2.56. The SMILES string of the molecule is Cc1cccc(Nc2ncc(N)cc2C(N)=O)c1C. The van der Waals surface area contributed by atoms with Crippen molar-refractivity contribution in [3.8, 4) is 0 Å². The Morgan fingerprint density at radius 2 is 2.05 bits per heavy atom. The second kappa shape index (κ2) is 4.97. The molecule has 5 N–H and O–H groups in total. The predicted molar refractivity (Wildman–Crippen MR) is 76.4 cm³/mol. The van der Waals surface area contributed by atoms with Crippen LogP contribution in [0.3, 0.4) is 0 Å². The van der Waals surface area contributed by atoms with Gasteiger partial charge in [0.1, 0.15) is 5.82 Å². The zero-order valence-electron chi connectivity index (χ0n) is 10.9. The van der Waals surface area contributed by atoms with Crippen LogP contribution in [0.4, 0.5) is 17.2 Å². The number of aromatic nitrogens is 1. The number of nitrogens with two attached hydrogens (primary N) is 2. The lowest BCUT2D eigenvalue weighted by molar-refractivity contribution is 0.100. The first-order valence-electron chi connectivity index (χ1n) is 5.87. The maximum Gasteiger partial charge on any atom is 0.252 e. The molecule has 5 nitrogen and oxygen atoms in total. The molecule has 0 saturated carbocycles. The van der Waals surface area contributed by atoms with Gasteiger partial charge in [-0.3, -0.25) is 4.79 Å². The van der Waals surface area contributed by atoms with Crippen molar-refractivity contribution in [2.24, 2.45) is 5.73 Å². The van der Waals surface area contributed by atoms with Gasteiger partial charge in [-0.1, -0.05) is 12.1 Å². The van der Waals surface area contributed by atoms with Crippen LogP contribution in [0.25, 0.3) is 0 Å². The number of primary amides is 1. The summed E-state index contributed by atoms with van der Waals surface area (Å²) >= 11 is 0. The van der Waals surface area contributed by atoms with Crippen LogP contribution in [0.15, 0.2) is 30.5 Å². The zero-order valence-corrected chi connectivity index (χ0v) is 10.9. The average Bonchev–Trinajstić information content (AvgIpc) is 2.36. The Morgan fingerprint density at radius 1 is 1.32 bits per heavy atom. The Kier molecular flexibility index (Phi) is 3.37. The Balaban J connectivity index is 2.44. The van der Waals surface area contributed by atoms with Crippen molar-refractivity contribution in [1.82, 2.24) is 4.98 Å². The smallest absolute Gasteiger partial charge is 0.252 e. The molecule has 0 atom stereocenters. The third-order valence-electron chi connectivity index (χ3n) is 3.03. The van der Waals surface area contributed by atoms with E-state index in [9.17, 15) is 4.79 Å². The number of carbonyl (C=O) groups is 1. The normalized spacial score (nSPS) is 10.2. The summed E-state index contributed by atoms with van der Waals surface area (Å²) in [4.78, 5) is 15.5. The summed E-state index contributed by atoms with van der Waals surface area (Å²) < 4.78 is 0. The van der Waals surface area contributed by atoms with Crippen LogP contribution in [0.1, 0.15) is 21.5 Å². The number of amides is 1. The van der Waals surface area contributed by atoms with Crippen LogP contribution in [-0.2, 0) is 0 Å². The lowest BCUT2D eigenvalue weighted by Gasteiger charge is -2.13. The van der Waals surface area contributed by atoms with Crippen molar-refractivity contribution >= 4 is 23.1 Å². The largest absolute Gasteiger partial charge is 0.397 e. The molecule has 2 aromatic rings. The second-order valence-corrected chi connectivity index (χ2v) is 4.40. The number of carbonyl (C=O) groups excluding carboxylic acids is 1. The molecule has 0 radical (unpaired) electrons. The van der Waals surface area contributed by atoms with Crippen LogP contribution in [-0.4, -0.2) is 10.9 Å². The van der Waals surface area contributed by atoms with Gasteiger partial charge in [-0.25, -0.2) is 4.98 Å². The van der Waals surface area contributed by atoms with E-state index in [4.69, 9.17) is 11.5 Å². The number of pyridine rings is 1. The van der Waals surface area contributed by atoms with Crippen LogP contribution >= 0.6 is 0 Å². The number of benzene rings is 1. The van der Waals surface area contributed by atoms with Gasteiger partial charge in [0.25, 0.3) is 5.91 Å². The highest BCUT2D eigenvalue weighted by Gasteiger charge is 2.11. The summed E-state index contributed by atoms with van der Waals surface area (Å²) in [7, 11) is 0. The number of aryl methyl sites for hydroxylation is 1. The highest BCUT2D eigenvalue weighted by Crippen LogP contribution is 2.24. The fourth-order valence-electron chi connectivity index (χ4n) is 1.78. The molecular weight excluding hydrogens is 240 g/mol. The second-order valence-electron chi connectivity index (χ2n) is 4.40. The molecule has 0 saturated heterocycles. The summed E-state index contributed by atoms with van der Waals surface area (Å²) in [5.41, 5.74) is 14.8. The summed E-state index contributed by atoms with van der Waals surface area (Å²) in [6, 6.07) is 7.39. The van der Waals surface area contributed by atoms with E-state index in [-0.39, 0.29) is 5.56 Å². The highest BCUT2D eigenvalue weighted by atomic mass is 16.1. The first-order valence-corrected chi connectivity index (χ1v) is 5.87. The van der Waals surface area contributed by atoms with E-state index in [0.29, 0.717) is 11.5 Å². The Morgan fingerprint density at radius 3 is 2.74 bits per heavy atom. The first kappa shape index (κ1) is 12.9. The molecule has 19 heavy (non-hydrogen) atoms. The number of nitrogens with one attached hydrogen (secondary N) is 1. The predicted octanol–water partition coefficient (Wildman–Crippen LogP) is 2.12. The molecule has 0 unspecified atom stereocenters. The molecule has 0 aliphatic heterocycles. The molecule has 5 heteroatoms. The number of hydrogen-bond donors (Lipinski definition) is 3. The molecule has 2 rings (SSSR count). The molecular formula is C14H16N4O. The molecule has 0 aliphatic carbocycles. The third kappa shape index (κ3) is 2.65. The maximum atomic E-state index is 11.4. The van der Waals surface area contributed by atoms with Crippen molar-refractivity contribution in [2.75, 3.05) is 11.1 Å². The maximum absolute atomic E-state index is 11.4. The number of anilines is 3. The van der Waals surface area contributed by atoms with Crippen molar-refractivity contribution in [3.05, 3.63) is 47.2 Å². The van der Waals surface area contributed by atoms with Gasteiger partial charge >= 0.3 is 0 Å². The molecule has 1 amide bonds. The van der Waals surface area contributed by atoms with Gasteiger partial charge in [0, 0.05) is 5.69 Å². The van der Waals surface area contributed by atoms with E-state index >= 15 is 0 Å². The monoisotopic (exact) mass is 256 g/mol. The van der Waals surface area contributed by atoms with E-state index < -0.39 is 5.91 Å². The summed E-state index contributed by atoms with van der Waals surface area (Å²) in [6.45, 7) is 4.02. The van der Waals surface area contributed by atoms with E-state index in [1.54, 1.807) is 0 Å². The molecule has 1 aromatic carbocycles. The molecule has 0 fully saturated rings. The third-order valence-corrected chi connectivity index (χ3v) is 3.03. The minimum Gasteiger partial charge on any atom is -0.397 e. The molecule has 98 valence electrons. The Labute approximate surface area is 111 Å². The van der Waals surface area contributed by atoms with Gasteiger partial charge in [-0.2, -0.15) is 0 Å².